The van der Waals surface area contributed by atoms with Gasteiger partial charge in [-0.25, -0.2) is 0 Å². The van der Waals surface area contributed by atoms with Gasteiger partial charge in [0.1, 0.15) is 0 Å². The largest absolute Gasteiger partial charge is 0.385 e. The summed E-state index contributed by atoms with van der Waals surface area (Å²) in [5, 5.41) is 1.15. The Hall–Kier alpha value is -1.19. The van der Waals surface area contributed by atoms with Crippen LogP contribution in [0.2, 0.25) is 0 Å². The maximum Gasteiger partial charge on any atom is 0.175 e. The van der Waals surface area contributed by atoms with Gasteiger partial charge in [0.05, 0.1) is 4.88 Å². The van der Waals surface area contributed by atoms with E-state index in [4.69, 9.17) is 4.74 Å². The molecule has 1 aromatic heterocycles. The standard InChI is InChI=1S/C14H16O2S/c1-10(7-8-16-2)14(15)13-9-11-5-3-4-6-12(11)17-13/h3-6,9-10H,7-8H2,1-2H3. The van der Waals surface area contributed by atoms with Gasteiger partial charge < -0.3 is 4.74 Å². The molecule has 0 spiro atoms. The van der Waals surface area contributed by atoms with Gasteiger partial charge in [0.15, 0.2) is 5.78 Å². The molecule has 0 radical (unpaired) electrons. The molecule has 0 N–H and O–H groups in total. The lowest BCUT2D eigenvalue weighted by molar-refractivity contribution is 0.0898. The summed E-state index contributed by atoms with van der Waals surface area (Å²) in [7, 11) is 1.66. The molecule has 0 aliphatic heterocycles. The van der Waals surface area contributed by atoms with Crippen LogP contribution in [0.15, 0.2) is 30.3 Å². The summed E-state index contributed by atoms with van der Waals surface area (Å²) in [6.07, 6.45) is 0.781. The van der Waals surface area contributed by atoms with Crippen molar-refractivity contribution in [3.63, 3.8) is 0 Å². The summed E-state index contributed by atoms with van der Waals surface area (Å²) in [6.45, 7) is 2.60. The van der Waals surface area contributed by atoms with Crippen molar-refractivity contribution in [3.8, 4) is 0 Å². The molecule has 3 heteroatoms. The van der Waals surface area contributed by atoms with Crippen LogP contribution in [0.4, 0.5) is 0 Å². The van der Waals surface area contributed by atoms with Crippen LogP contribution in [0, 0.1) is 5.92 Å². The van der Waals surface area contributed by atoms with Crippen molar-refractivity contribution in [1.29, 1.82) is 0 Å². The summed E-state index contributed by atoms with van der Waals surface area (Å²) in [5.41, 5.74) is 0. The molecule has 2 aromatic rings. The maximum absolute atomic E-state index is 12.2. The number of Topliss-reactive ketones (excluding diaryl/α,β-unsaturated/α-hetero) is 1. The fourth-order valence-corrected chi connectivity index (χ4v) is 2.89. The number of ether oxygens (including phenoxy) is 1. The summed E-state index contributed by atoms with van der Waals surface area (Å²) >= 11 is 1.58. The Morgan fingerprint density at radius 2 is 2.18 bits per heavy atom. The summed E-state index contributed by atoms with van der Waals surface area (Å²) in [5.74, 6) is 0.256. The first kappa shape index (κ1) is 12.3. The summed E-state index contributed by atoms with van der Waals surface area (Å²) in [6, 6.07) is 10.1. The molecule has 0 saturated carbocycles. The van der Waals surface area contributed by atoms with E-state index in [-0.39, 0.29) is 11.7 Å². The van der Waals surface area contributed by atoms with Crippen LogP contribution in [-0.4, -0.2) is 19.5 Å². The van der Waals surface area contributed by atoms with Gasteiger partial charge in [0.25, 0.3) is 0 Å². The zero-order chi connectivity index (χ0) is 12.3. The molecular formula is C14H16O2S. The molecule has 0 saturated heterocycles. The van der Waals surface area contributed by atoms with Crippen molar-refractivity contribution in [2.75, 3.05) is 13.7 Å². The second kappa shape index (κ2) is 5.43. The van der Waals surface area contributed by atoms with Crippen molar-refractivity contribution in [2.24, 2.45) is 5.92 Å². The van der Waals surface area contributed by atoms with E-state index in [1.807, 2.05) is 31.2 Å². The minimum Gasteiger partial charge on any atom is -0.385 e. The monoisotopic (exact) mass is 248 g/mol. The smallest absolute Gasteiger partial charge is 0.175 e. The highest BCUT2D eigenvalue weighted by Crippen LogP contribution is 2.27. The maximum atomic E-state index is 12.2. The average molecular weight is 248 g/mol. The Balaban J connectivity index is 2.18. The minimum atomic E-state index is 0.0306. The van der Waals surface area contributed by atoms with E-state index in [0.717, 1.165) is 16.7 Å². The highest BCUT2D eigenvalue weighted by Gasteiger charge is 2.17. The molecule has 2 nitrogen and oxygen atoms in total. The van der Waals surface area contributed by atoms with Crippen LogP contribution < -0.4 is 0 Å². The lowest BCUT2D eigenvalue weighted by Crippen LogP contribution is -2.11. The number of benzene rings is 1. The Morgan fingerprint density at radius 3 is 2.88 bits per heavy atom. The Bertz CT molecular complexity index is 483. The molecule has 2 rings (SSSR count). The molecule has 1 atom stereocenters. The lowest BCUT2D eigenvalue weighted by atomic mass is 10.0. The van der Waals surface area contributed by atoms with Crippen LogP contribution in [0.3, 0.4) is 0 Å². The second-order valence-electron chi connectivity index (χ2n) is 4.20. The predicted octanol–water partition coefficient (Wildman–Crippen LogP) is 3.76. The van der Waals surface area contributed by atoms with Gasteiger partial charge in [-0.2, -0.15) is 0 Å². The van der Waals surface area contributed by atoms with Crippen LogP contribution >= 0.6 is 11.3 Å². The van der Waals surface area contributed by atoms with Crippen LogP contribution in [0.25, 0.3) is 10.1 Å². The van der Waals surface area contributed by atoms with E-state index in [9.17, 15) is 4.79 Å². The molecule has 1 unspecified atom stereocenters. The quantitative estimate of drug-likeness (QED) is 0.753. The molecular weight excluding hydrogens is 232 g/mol. The van der Waals surface area contributed by atoms with Gasteiger partial charge in [-0.15, -0.1) is 11.3 Å². The van der Waals surface area contributed by atoms with Crippen LogP contribution in [-0.2, 0) is 4.74 Å². The lowest BCUT2D eigenvalue weighted by Gasteiger charge is -2.07. The predicted molar refractivity (Wildman–Crippen MR) is 71.8 cm³/mol. The third-order valence-corrected chi connectivity index (χ3v) is 4.00. The average Bonchev–Trinajstić information content (AvgIpc) is 2.78. The van der Waals surface area contributed by atoms with E-state index >= 15 is 0 Å². The van der Waals surface area contributed by atoms with E-state index in [1.54, 1.807) is 18.4 Å². The van der Waals surface area contributed by atoms with Crippen LogP contribution in [0.1, 0.15) is 23.0 Å². The fraction of sp³-hybridized carbons (Fsp3) is 0.357. The number of rotatable bonds is 5. The van der Waals surface area contributed by atoms with Gasteiger partial charge in [0.2, 0.25) is 0 Å². The van der Waals surface area contributed by atoms with Crippen LogP contribution in [0.5, 0.6) is 0 Å². The molecule has 0 aliphatic rings. The van der Waals surface area contributed by atoms with Gasteiger partial charge >= 0.3 is 0 Å². The fourth-order valence-electron chi connectivity index (χ4n) is 1.77. The van der Waals surface area contributed by atoms with Gasteiger partial charge in [0, 0.05) is 24.3 Å². The number of ketones is 1. The number of carbonyl (C=O) groups is 1. The van der Waals surface area contributed by atoms with Gasteiger partial charge in [-0.05, 0) is 23.9 Å². The first-order chi connectivity index (χ1) is 8.22. The molecule has 90 valence electrons. The van der Waals surface area contributed by atoms with Crippen molar-refractivity contribution in [3.05, 3.63) is 35.2 Å². The minimum absolute atomic E-state index is 0.0306. The SMILES string of the molecule is COCCC(C)C(=O)c1cc2ccccc2s1. The molecule has 1 aromatic carbocycles. The van der Waals surface area contributed by atoms with E-state index in [2.05, 4.69) is 6.07 Å². The number of carbonyl (C=O) groups excluding carboxylic acids is 1. The topological polar surface area (TPSA) is 26.3 Å². The molecule has 0 aliphatic carbocycles. The number of thiophene rings is 1. The number of methoxy groups -OCH3 is 1. The normalized spacial score (nSPS) is 12.8. The van der Waals surface area contributed by atoms with Crippen molar-refractivity contribution in [2.45, 2.75) is 13.3 Å². The molecule has 17 heavy (non-hydrogen) atoms. The first-order valence-corrected chi connectivity index (χ1v) is 6.55. The number of fused-ring (bicyclic) bond motifs is 1. The first-order valence-electron chi connectivity index (χ1n) is 5.74. The second-order valence-corrected chi connectivity index (χ2v) is 5.28. The van der Waals surface area contributed by atoms with Gasteiger partial charge in [-0.3, -0.25) is 4.79 Å². The third-order valence-electron chi connectivity index (χ3n) is 2.87. The van der Waals surface area contributed by atoms with Crippen molar-refractivity contribution < 1.29 is 9.53 Å². The zero-order valence-electron chi connectivity index (χ0n) is 10.1. The molecule has 1 heterocycles. The number of hydrogen-bond donors (Lipinski definition) is 0. The molecule has 0 fully saturated rings. The Kier molecular flexibility index (Phi) is 3.92. The Labute approximate surface area is 105 Å². The third kappa shape index (κ3) is 2.73. The zero-order valence-corrected chi connectivity index (χ0v) is 10.9. The highest BCUT2D eigenvalue weighted by molar-refractivity contribution is 7.20. The Morgan fingerprint density at radius 1 is 1.41 bits per heavy atom. The molecule has 0 bridgehead atoms. The summed E-state index contributed by atoms with van der Waals surface area (Å²) < 4.78 is 6.18. The van der Waals surface area contributed by atoms with E-state index in [1.165, 1.54) is 4.70 Å². The van der Waals surface area contributed by atoms with E-state index in [0.29, 0.717) is 6.61 Å². The molecule has 0 amide bonds. The van der Waals surface area contributed by atoms with Crippen molar-refractivity contribution >= 4 is 27.2 Å². The van der Waals surface area contributed by atoms with Gasteiger partial charge in [-0.1, -0.05) is 25.1 Å². The highest BCUT2D eigenvalue weighted by atomic mass is 32.1. The number of hydrogen-bond acceptors (Lipinski definition) is 3. The van der Waals surface area contributed by atoms with Crippen molar-refractivity contribution in [1.82, 2.24) is 0 Å². The van der Waals surface area contributed by atoms with E-state index < -0.39 is 0 Å². The summed E-state index contributed by atoms with van der Waals surface area (Å²) in [4.78, 5) is 13.0.